The van der Waals surface area contributed by atoms with E-state index in [0.29, 0.717) is 4.90 Å². The number of halogens is 1. The maximum absolute atomic E-state index is 13.0. The predicted octanol–water partition coefficient (Wildman–Crippen LogP) is 2.20. The van der Waals surface area contributed by atoms with Crippen LogP contribution in [0, 0.1) is 5.82 Å². The molecule has 2 N–H and O–H groups in total. The lowest BCUT2D eigenvalue weighted by Gasteiger charge is -2.27. The number of hydrogen-bond acceptors (Lipinski definition) is 2. The highest BCUT2D eigenvalue weighted by molar-refractivity contribution is 7.85. The Morgan fingerprint density at radius 2 is 2.06 bits per heavy atom. The number of rotatable bonds is 2. The third kappa shape index (κ3) is 2.50. The van der Waals surface area contributed by atoms with Crippen molar-refractivity contribution in [2.45, 2.75) is 41.9 Å². The van der Waals surface area contributed by atoms with E-state index in [1.165, 1.54) is 12.1 Å². The molecule has 3 atom stereocenters. The topological polar surface area (TPSA) is 43.1 Å². The van der Waals surface area contributed by atoms with Gasteiger partial charge in [-0.15, -0.1) is 0 Å². The molecular formula is C12H16FNOS. The molecule has 0 saturated heterocycles. The summed E-state index contributed by atoms with van der Waals surface area (Å²) in [7, 11) is -1.18. The van der Waals surface area contributed by atoms with E-state index in [9.17, 15) is 8.60 Å². The molecule has 1 aliphatic carbocycles. The van der Waals surface area contributed by atoms with Gasteiger partial charge < -0.3 is 5.73 Å². The zero-order chi connectivity index (χ0) is 11.5. The molecule has 0 aromatic heterocycles. The van der Waals surface area contributed by atoms with Gasteiger partial charge in [-0.05, 0) is 31.0 Å². The Kier molecular flexibility index (Phi) is 3.71. The Bertz CT molecular complexity index is 396. The van der Waals surface area contributed by atoms with Crippen molar-refractivity contribution in [2.24, 2.45) is 5.73 Å². The quantitative estimate of drug-likeness (QED) is 0.862. The van der Waals surface area contributed by atoms with E-state index >= 15 is 0 Å². The molecule has 1 aromatic carbocycles. The highest BCUT2D eigenvalue weighted by atomic mass is 32.2. The molecule has 4 heteroatoms. The molecule has 2 rings (SSSR count). The molecule has 0 spiro atoms. The van der Waals surface area contributed by atoms with Gasteiger partial charge in [-0.2, -0.15) is 0 Å². The molecule has 3 unspecified atom stereocenters. The van der Waals surface area contributed by atoms with Crippen LogP contribution in [0.25, 0.3) is 0 Å². The minimum Gasteiger partial charge on any atom is -0.327 e. The van der Waals surface area contributed by atoms with Crippen LogP contribution in [0.5, 0.6) is 0 Å². The van der Waals surface area contributed by atoms with Crippen LogP contribution in [0.4, 0.5) is 4.39 Å². The van der Waals surface area contributed by atoms with Crippen LogP contribution in [0.3, 0.4) is 0 Å². The summed E-state index contributed by atoms with van der Waals surface area (Å²) < 4.78 is 25.3. The molecule has 16 heavy (non-hydrogen) atoms. The van der Waals surface area contributed by atoms with Crippen molar-refractivity contribution in [1.29, 1.82) is 0 Å². The van der Waals surface area contributed by atoms with E-state index in [2.05, 4.69) is 0 Å². The van der Waals surface area contributed by atoms with Crippen LogP contribution in [0.1, 0.15) is 25.7 Å². The van der Waals surface area contributed by atoms with Crippen molar-refractivity contribution in [3.63, 3.8) is 0 Å². The average molecular weight is 241 g/mol. The fraction of sp³-hybridized carbons (Fsp3) is 0.500. The van der Waals surface area contributed by atoms with Crippen LogP contribution in [-0.2, 0) is 10.8 Å². The van der Waals surface area contributed by atoms with Gasteiger partial charge in [0.05, 0.1) is 16.0 Å². The first-order valence-electron chi connectivity index (χ1n) is 5.60. The fourth-order valence-electron chi connectivity index (χ4n) is 2.16. The highest BCUT2D eigenvalue weighted by Crippen LogP contribution is 2.25. The summed E-state index contributed by atoms with van der Waals surface area (Å²) >= 11 is 0. The Morgan fingerprint density at radius 3 is 2.75 bits per heavy atom. The first-order valence-corrected chi connectivity index (χ1v) is 6.81. The molecular weight excluding hydrogens is 225 g/mol. The summed E-state index contributed by atoms with van der Waals surface area (Å²) in [6, 6.07) is 5.99. The maximum Gasteiger partial charge on any atom is 0.124 e. The Hall–Kier alpha value is -0.740. The van der Waals surface area contributed by atoms with Crippen molar-refractivity contribution in [2.75, 3.05) is 0 Å². The lowest BCUT2D eigenvalue weighted by molar-refractivity contribution is 0.445. The van der Waals surface area contributed by atoms with E-state index in [1.807, 2.05) is 0 Å². The minimum absolute atomic E-state index is 0.0159. The van der Waals surface area contributed by atoms with Crippen molar-refractivity contribution in [3.8, 4) is 0 Å². The Labute approximate surface area is 97.5 Å². The van der Waals surface area contributed by atoms with E-state index < -0.39 is 10.8 Å². The van der Waals surface area contributed by atoms with Gasteiger partial charge in [0.25, 0.3) is 0 Å². The first-order chi connectivity index (χ1) is 7.68. The van der Waals surface area contributed by atoms with Gasteiger partial charge in [0.1, 0.15) is 5.82 Å². The average Bonchev–Trinajstić information content (AvgIpc) is 2.29. The van der Waals surface area contributed by atoms with Crippen molar-refractivity contribution in [1.82, 2.24) is 0 Å². The number of nitrogens with two attached hydrogens (primary N) is 1. The molecule has 0 bridgehead atoms. The van der Waals surface area contributed by atoms with Gasteiger partial charge >= 0.3 is 0 Å². The van der Waals surface area contributed by atoms with Crippen LogP contribution >= 0.6 is 0 Å². The maximum atomic E-state index is 13.0. The second-order valence-electron chi connectivity index (χ2n) is 4.24. The van der Waals surface area contributed by atoms with Crippen molar-refractivity contribution < 1.29 is 8.60 Å². The third-order valence-corrected chi connectivity index (χ3v) is 4.91. The molecule has 0 radical (unpaired) electrons. The van der Waals surface area contributed by atoms with Gasteiger partial charge in [-0.1, -0.05) is 18.9 Å². The van der Waals surface area contributed by atoms with Crippen molar-refractivity contribution in [3.05, 3.63) is 30.1 Å². The third-order valence-electron chi connectivity index (χ3n) is 3.06. The molecule has 1 aliphatic rings. The van der Waals surface area contributed by atoms with Gasteiger partial charge in [0.15, 0.2) is 0 Å². The first kappa shape index (κ1) is 11.7. The molecule has 0 aliphatic heterocycles. The highest BCUT2D eigenvalue weighted by Gasteiger charge is 2.27. The fourth-order valence-corrected chi connectivity index (χ4v) is 3.78. The summed E-state index contributed by atoms with van der Waals surface area (Å²) in [5.74, 6) is -0.338. The van der Waals surface area contributed by atoms with Crippen LogP contribution in [-0.4, -0.2) is 15.5 Å². The lowest BCUT2D eigenvalue weighted by Crippen LogP contribution is -2.40. The summed E-state index contributed by atoms with van der Waals surface area (Å²) in [5.41, 5.74) is 5.97. The largest absolute Gasteiger partial charge is 0.327 e. The second-order valence-corrected chi connectivity index (χ2v) is 5.91. The molecule has 2 nitrogen and oxygen atoms in total. The number of benzene rings is 1. The van der Waals surface area contributed by atoms with E-state index in [0.717, 1.165) is 25.7 Å². The minimum atomic E-state index is -1.18. The predicted molar refractivity (Wildman–Crippen MR) is 63.0 cm³/mol. The van der Waals surface area contributed by atoms with Crippen LogP contribution in [0.2, 0.25) is 0 Å². The van der Waals surface area contributed by atoms with E-state index in [4.69, 9.17) is 5.73 Å². The summed E-state index contributed by atoms with van der Waals surface area (Å²) in [6.07, 6.45) is 3.98. The number of hydrogen-bond donors (Lipinski definition) is 1. The zero-order valence-corrected chi connectivity index (χ0v) is 9.88. The van der Waals surface area contributed by atoms with Gasteiger partial charge in [0, 0.05) is 10.9 Å². The second kappa shape index (κ2) is 5.06. The van der Waals surface area contributed by atoms with Gasteiger partial charge in [-0.25, -0.2) is 4.39 Å². The van der Waals surface area contributed by atoms with E-state index in [-0.39, 0.29) is 17.1 Å². The molecule has 1 aromatic rings. The normalized spacial score (nSPS) is 27.6. The summed E-state index contributed by atoms with van der Waals surface area (Å²) in [6.45, 7) is 0. The van der Waals surface area contributed by atoms with Gasteiger partial charge in [-0.3, -0.25) is 4.21 Å². The molecule has 1 fully saturated rings. The SMILES string of the molecule is NC1CCCCC1S(=O)c1cccc(F)c1. The van der Waals surface area contributed by atoms with E-state index in [1.54, 1.807) is 12.1 Å². The van der Waals surface area contributed by atoms with Crippen LogP contribution < -0.4 is 5.73 Å². The molecule has 1 saturated carbocycles. The van der Waals surface area contributed by atoms with Crippen LogP contribution in [0.15, 0.2) is 29.2 Å². The summed E-state index contributed by atoms with van der Waals surface area (Å²) in [4.78, 5) is 0.558. The molecule has 88 valence electrons. The standard InChI is InChI=1S/C12H16FNOS/c13-9-4-3-5-10(8-9)16(15)12-7-2-1-6-11(12)14/h3-5,8,11-12H,1-2,6-7,14H2. The molecule has 0 amide bonds. The zero-order valence-electron chi connectivity index (χ0n) is 9.06. The lowest BCUT2D eigenvalue weighted by atomic mass is 9.96. The van der Waals surface area contributed by atoms with Gasteiger partial charge in [0.2, 0.25) is 0 Å². The Balaban J connectivity index is 2.17. The summed E-state index contributed by atoms with van der Waals surface area (Å²) in [5, 5.41) is -0.0180. The monoisotopic (exact) mass is 241 g/mol. The van der Waals surface area contributed by atoms with Crippen molar-refractivity contribution >= 4 is 10.8 Å². The molecule has 0 heterocycles. The smallest absolute Gasteiger partial charge is 0.124 e. The Morgan fingerprint density at radius 1 is 1.31 bits per heavy atom.